The smallest absolute Gasteiger partial charge is 0.251 e. The minimum atomic E-state index is -3.81. The van der Waals surface area contributed by atoms with Crippen LogP contribution in [0.1, 0.15) is 35.3 Å². The van der Waals surface area contributed by atoms with Crippen molar-refractivity contribution in [1.82, 2.24) is 10.0 Å². The summed E-state index contributed by atoms with van der Waals surface area (Å²) in [4.78, 5) is 12.4. The van der Waals surface area contributed by atoms with Crippen LogP contribution in [-0.4, -0.2) is 40.6 Å². The van der Waals surface area contributed by atoms with E-state index in [1.807, 2.05) is 32.0 Å². The molecule has 0 aliphatic carbocycles. The first-order valence-corrected chi connectivity index (χ1v) is 10.8. The number of hydrogen-bond acceptors (Lipinski definition) is 5. The molecule has 7 nitrogen and oxygen atoms in total. The lowest BCUT2D eigenvalue weighted by Gasteiger charge is -2.14. The van der Waals surface area contributed by atoms with Gasteiger partial charge >= 0.3 is 0 Å². The SMILES string of the molecule is COc1ccc(C(=O)NCCOc2c(C)cccc2C)cc1S(=O)(=O)NC(C)C. The number of sulfonamides is 1. The molecule has 0 aliphatic heterocycles. The maximum Gasteiger partial charge on any atom is 0.251 e. The number of carbonyl (C=O) groups excluding carboxylic acids is 1. The summed E-state index contributed by atoms with van der Waals surface area (Å²) in [6, 6.07) is 9.90. The average molecular weight is 421 g/mol. The fourth-order valence-electron chi connectivity index (χ4n) is 2.85. The Kier molecular flexibility index (Phi) is 7.64. The molecule has 0 spiro atoms. The minimum absolute atomic E-state index is 0.0758. The van der Waals surface area contributed by atoms with Crippen molar-refractivity contribution in [3.63, 3.8) is 0 Å². The fourth-order valence-corrected chi connectivity index (χ4v) is 4.29. The molecule has 2 aromatic rings. The molecule has 29 heavy (non-hydrogen) atoms. The average Bonchev–Trinajstić information content (AvgIpc) is 2.65. The normalized spacial score (nSPS) is 11.4. The third-order valence-electron chi connectivity index (χ3n) is 4.15. The van der Waals surface area contributed by atoms with Crippen molar-refractivity contribution in [1.29, 1.82) is 0 Å². The molecule has 0 fully saturated rings. The van der Waals surface area contributed by atoms with Gasteiger partial charge in [-0.25, -0.2) is 13.1 Å². The van der Waals surface area contributed by atoms with Gasteiger partial charge in [-0.15, -0.1) is 0 Å². The molecule has 0 unspecified atom stereocenters. The molecule has 0 bridgehead atoms. The Morgan fingerprint density at radius 1 is 1.10 bits per heavy atom. The second-order valence-electron chi connectivity index (χ2n) is 6.97. The van der Waals surface area contributed by atoms with Gasteiger partial charge < -0.3 is 14.8 Å². The zero-order valence-corrected chi connectivity index (χ0v) is 18.2. The summed E-state index contributed by atoms with van der Waals surface area (Å²) in [7, 11) is -2.43. The van der Waals surface area contributed by atoms with Crippen molar-refractivity contribution in [2.24, 2.45) is 0 Å². The number of nitrogens with one attached hydrogen (secondary N) is 2. The van der Waals surface area contributed by atoms with Crippen LogP contribution in [0.15, 0.2) is 41.3 Å². The third-order valence-corrected chi connectivity index (χ3v) is 5.83. The molecular formula is C21H28N2O5S. The third kappa shape index (κ3) is 5.95. The number of para-hydroxylation sites is 1. The van der Waals surface area contributed by atoms with Crippen LogP contribution >= 0.6 is 0 Å². The Morgan fingerprint density at radius 2 is 1.76 bits per heavy atom. The molecule has 0 aromatic heterocycles. The summed E-state index contributed by atoms with van der Waals surface area (Å²) in [5.41, 5.74) is 2.28. The molecule has 2 N–H and O–H groups in total. The van der Waals surface area contributed by atoms with Gasteiger partial charge in [0.25, 0.3) is 5.91 Å². The lowest BCUT2D eigenvalue weighted by Crippen LogP contribution is -2.31. The van der Waals surface area contributed by atoms with Gasteiger partial charge in [0.1, 0.15) is 23.0 Å². The summed E-state index contributed by atoms with van der Waals surface area (Å²) in [6.45, 7) is 7.95. The molecule has 158 valence electrons. The second-order valence-corrected chi connectivity index (χ2v) is 8.65. The van der Waals surface area contributed by atoms with Gasteiger partial charge in [0.2, 0.25) is 10.0 Å². The van der Waals surface area contributed by atoms with E-state index in [9.17, 15) is 13.2 Å². The number of rotatable bonds is 9. The standard InChI is InChI=1S/C21H28N2O5S/c1-14(2)23-29(25,26)19-13-17(9-10-18(19)27-5)21(24)22-11-12-28-20-15(3)7-6-8-16(20)4/h6-10,13-14,23H,11-12H2,1-5H3,(H,22,24). The van der Waals surface area contributed by atoms with Crippen LogP contribution in [0.3, 0.4) is 0 Å². The molecule has 0 atom stereocenters. The molecule has 8 heteroatoms. The van der Waals surface area contributed by atoms with Crippen molar-refractivity contribution >= 4 is 15.9 Å². The van der Waals surface area contributed by atoms with Crippen molar-refractivity contribution in [2.75, 3.05) is 20.3 Å². The minimum Gasteiger partial charge on any atom is -0.495 e. The van der Waals surface area contributed by atoms with Crippen molar-refractivity contribution < 1.29 is 22.7 Å². The van der Waals surface area contributed by atoms with E-state index in [-0.39, 0.29) is 28.8 Å². The summed E-state index contributed by atoms with van der Waals surface area (Å²) >= 11 is 0. The first kappa shape index (κ1) is 22.7. The quantitative estimate of drug-likeness (QED) is 0.609. The predicted molar refractivity (Wildman–Crippen MR) is 112 cm³/mol. The van der Waals surface area contributed by atoms with Gasteiger partial charge in [-0.2, -0.15) is 0 Å². The van der Waals surface area contributed by atoms with Gasteiger partial charge in [0.15, 0.2) is 0 Å². The molecule has 2 rings (SSSR count). The lowest BCUT2D eigenvalue weighted by molar-refractivity contribution is 0.0946. The molecule has 1 amide bonds. The largest absolute Gasteiger partial charge is 0.495 e. The predicted octanol–water partition coefficient (Wildman–Crippen LogP) is 2.81. The van der Waals surface area contributed by atoms with E-state index >= 15 is 0 Å². The monoisotopic (exact) mass is 420 g/mol. The van der Waals surface area contributed by atoms with Crippen molar-refractivity contribution in [3.05, 3.63) is 53.1 Å². The molecule has 0 heterocycles. The summed E-state index contributed by atoms with van der Waals surface area (Å²) in [6.07, 6.45) is 0. The number of ether oxygens (including phenoxy) is 2. The number of methoxy groups -OCH3 is 1. The van der Waals surface area contributed by atoms with E-state index in [1.54, 1.807) is 13.8 Å². The van der Waals surface area contributed by atoms with Crippen LogP contribution in [-0.2, 0) is 10.0 Å². The Morgan fingerprint density at radius 3 is 2.34 bits per heavy atom. The van der Waals surface area contributed by atoms with Crippen molar-refractivity contribution in [3.8, 4) is 11.5 Å². The zero-order valence-electron chi connectivity index (χ0n) is 17.4. The highest BCUT2D eigenvalue weighted by Gasteiger charge is 2.22. The van der Waals surface area contributed by atoms with E-state index < -0.39 is 15.9 Å². The van der Waals surface area contributed by atoms with Crippen molar-refractivity contribution in [2.45, 2.75) is 38.6 Å². The van der Waals surface area contributed by atoms with Crippen LogP contribution in [0.25, 0.3) is 0 Å². The molecule has 0 aliphatic rings. The number of benzene rings is 2. The lowest BCUT2D eigenvalue weighted by atomic mass is 10.1. The highest BCUT2D eigenvalue weighted by molar-refractivity contribution is 7.89. The number of hydrogen-bond donors (Lipinski definition) is 2. The zero-order chi connectivity index (χ0) is 21.6. The molecule has 0 radical (unpaired) electrons. The molecule has 0 saturated heterocycles. The van der Waals surface area contributed by atoms with Gasteiger partial charge in [0, 0.05) is 11.6 Å². The topological polar surface area (TPSA) is 93.7 Å². The Labute approximate surface area is 172 Å². The van der Waals surface area contributed by atoms with E-state index in [4.69, 9.17) is 9.47 Å². The van der Waals surface area contributed by atoms with Gasteiger partial charge in [-0.05, 0) is 57.0 Å². The highest BCUT2D eigenvalue weighted by atomic mass is 32.2. The Hall–Kier alpha value is -2.58. The summed E-state index contributed by atoms with van der Waals surface area (Å²) < 4.78 is 38.5. The van der Waals surface area contributed by atoms with Crippen LogP contribution in [0.2, 0.25) is 0 Å². The van der Waals surface area contributed by atoms with Crippen LogP contribution < -0.4 is 19.5 Å². The maximum atomic E-state index is 12.5. The van der Waals surface area contributed by atoms with E-state index in [0.717, 1.165) is 16.9 Å². The van der Waals surface area contributed by atoms with Crippen LogP contribution in [0, 0.1) is 13.8 Å². The van der Waals surface area contributed by atoms with Gasteiger partial charge in [-0.3, -0.25) is 4.79 Å². The second kappa shape index (κ2) is 9.76. The van der Waals surface area contributed by atoms with E-state index in [1.165, 1.54) is 25.3 Å². The highest BCUT2D eigenvalue weighted by Crippen LogP contribution is 2.25. The van der Waals surface area contributed by atoms with Gasteiger partial charge in [-0.1, -0.05) is 18.2 Å². The summed E-state index contributed by atoms with van der Waals surface area (Å²) in [5, 5.41) is 2.75. The van der Waals surface area contributed by atoms with E-state index in [0.29, 0.717) is 6.61 Å². The van der Waals surface area contributed by atoms with Crippen LogP contribution in [0.5, 0.6) is 11.5 Å². The molecular weight excluding hydrogens is 392 g/mol. The first-order chi connectivity index (χ1) is 13.7. The molecule has 0 saturated carbocycles. The molecule has 2 aromatic carbocycles. The first-order valence-electron chi connectivity index (χ1n) is 9.33. The number of aryl methyl sites for hydroxylation is 2. The maximum absolute atomic E-state index is 12.5. The Bertz CT molecular complexity index is 951. The number of carbonyl (C=O) groups is 1. The fraction of sp³-hybridized carbons (Fsp3) is 0.381. The van der Waals surface area contributed by atoms with E-state index in [2.05, 4.69) is 10.0 Å². The number of amides is 1. The van der Waals surface area contributed by atoms with Crippen LogP contribution in [0.4, 0.5) is 0 Å². The Balaban J connectivity index is 2.06. The summed E-state index contributed by atoms with van der Waals surface area (Å²) in [5.74, 6) is 0.589. The van der Waals surface area contributed by atoms with Gasteiger partial charge in [0.05, 0.1) is 13.7 Å².